The summed E-state index contributed by atoms with van der Waals surface area (Å²) in [5.74, 6) is 0.224. The highest BCUT2D eigenvalue weighted by molar-refractivity contribution is 6.30. The quantitative estimate of drug-likeness (QED) is 0.863. The van der Waals surface area contributed by atoms with Gasteiger partial charge >= 0.3 is 5.97 Å². The van der Waals surface area contributed by atoms with Gasteiger partial charge in [0.2, 0.25) is 0 Å². The highest BCUT2D eigenvalue weighted by Crippen LogP contribution is 2.46. The predicted molar refractivity (Wildman–Crippen MR) is 88.3 cm³/mol. The van der Waals surface area contributed by atoms with Crippen LogP contribution in [0.4, 0.5) is 0 Å². The zero-order valence-corrected chi connectivity index (χ0v) is 14.0. The molecule has 6 heteroatoms. The fourth-order valence-electron chi connectivity index (χ4n) is 2.87. The molecule has 0 bridgehead atoms. The number of esters is 1. The summed E-state index contributed by atoms with van der Waals surface area (Å²) in [7, 11) is 2.78. The third kappa shape index (κ3) is 2.81. The minimum Gasteiger partial charge on any atom is -0.497 e. The number of hydrogen-bond donors (Lipinski definition) is 1. The Morgan fingerprint density at radius 2 is 1.96 bits per heavy atom. The summed E-state index contributed by atoms with van der Waals surface area (Å²) < 4.78 is 16.0. The first-order chi connectivity index (χ1) is 11.5. The van der Waals surface area contributed by atoms with Gasteiger partial charge in [0.1, 0.15) is 17.6 Å². The first kappa shape index (κ1) is 16.6. The number of carbonyl (C=O) groups excluding carboxylic acids is 1. The molecule has 1 N–H and O–H groups in total. The standard InChI is InChI=1S/C18H17ClO5/c1-22-13-7-8-14-15(9-13)24-16(10-18(14,21)17(20)23-2)11-3-5-12(19)6-4-11/h3-9,16,21H,10H2,1-2H3/t16-,18+/m0/s1. The molecule has 2 aromatic rings. The molecule has 2 atom stereocenters. The number of carbonyl (C=O) groups is 1. The van der Waals surface area contributed by atoms with Gasteiger partial charge in [-0.15, -0.1) is 0 Å². The van der Waals surface area contributed by atoms with Gasteiger partial charge in [0.15, 0.2) is 5.60 Å². The van der Waals surface area contributed by atoms with E-state index < -0.39 is 17.7 Å². The van der Waals surface area contributed by atoms with Crippen LogP contribution in [0.25, 0.3) is 0 Å². The minimum absolute atomic E-state index is 0.0423. The number of aliphatic hydroxyl groups is 1. The summed E-state index contributed by atoms with van der Waals surface area (Å²) in [6, 6.07) is 12.0. The van der Waals surface area contributed by atoms with E-state index in [0.29, 0.717) is 22.1 Å². The minimum atomic E-state index is -1.79. The van der Waals surface area contributed by atoms with Crippen LogP contribution in [0.5, 0.6) is 11.5 Å². The molecule has 0 saturated carbocycles. The fraction of sp³-hybridized carbons (Fsp3) is 0.278. The molecule has 1 aliphatic rings. The van der Waals surface area contributed by atoms with Crippen LogP contribution < -0.4 is 9.47 Å². The highest BCUT2D eigenvalue weighted by Gasteiger charge is 2.47. The zero-order chi connectivity index (χ0) is 17.3. The van der Waals surface area contributed by atoms with Gasteiger partial charge in [-0.2, -0.15) is 0 Å². The zero-order valence-electron chi connectivity index (χ0n) is 13.3. The van der Waals surface area contributed by atoms with Crippen LogP contribution in [0.1, 0.15) is 23.7 Å². The van der Waals surface area contributed by atoms with Crippen molar-refractivity contribution < 1.29 is 24.1 Å². The van der Waals surface area contributed by atoms with Crippen LogP contribution in [-0.2, 0) is 15.1 Å². The lowest BCUT2D eigenvalue weighted by atomic mass is 9.83. The summed E-state index contributed by atoms with van der Waals surface area (Å²) in [4.78, 5) is 12.3. The van der Waals surface area contributed by atoms with Crippen molar-refractivity contribution in [3.05, 3.63) is 58.6 Å². The van der Waals surface area contributed by atoms with Crippen molar-refractivity contribution in [2.75, 3.05) is 14.2 Å². The Bertz CT molecular complexity index is 759. The Kier molecular flexibility index (Phi) is 4.39. The number of ether oxygens (including phenoxy) is 3. The number of halogens is 1. The summed E-state index contributed by atoms with van der Waals surface area (Å²) in [5, 5.41) is 11.6. The largest absolute Gasteiger partial charge is 0.497 e. The number of fused-ring (bicyclic) bond motifs is 1. The molecule has 2 aromatic carbocycles. The number of benzene rings is 2. The molecular formula is C18H17ClO5. The average Bonchev–Trinajstić information content (AvgIpc) is 2.60. The van der Waals surface area contributed by atoms with E-state index in [9.17, 15) is 9.90 Å². The molecule has 1 heterocycles. The average molecular weight is 349 g/mol. The second-order valence-electron chi connectivity index (χ2n) is 5.58. The van der Waals surface area contributed by atoms with E-state index in [2.05, 4.69) is 0 Å². The van der Waals surface area contributed by atoms with E-state index in [0.717, 1.165) is 5.56 Å². The summed E-state index contributed by atoms with van der Waals surface area (Å²) in [6.45, 7) is 0. The third-order valence-corrected chi connectivity index (χ3v) is 4.40. The summed E-state index contributed by atoms with van der Waals surface area (Å²) >= 11 is 5.92. The van der Waals surface area contributed by atoms with Gasteiger partial charge in [-0.1, -0.05) is 23.7 Å². The first-order valence-corrected chi connectivity index (χ1v) is 7.77. The Morgan fingerprint density at radius 3 is 2.58 bits per heavy atom. The molecule has 0 spiro atoms. The van der Waals surface area contributed by atoms with Crippen molar-refractivity contribution in [1.82, 2.24) is 0 Å². The van der Waals surface area contributed by atoms with Crippen LogP contribution in [0, 0.1) is 0 Å². The van der Waals surface area contributed by atoms with Gasteiger partial charge in [0, 0.05) is 23.1 Å². The van der Waals surface area contributed by atoms with Crippen LogP contribution in [0.15, 0.2) is 42.5 Å². The molecule has 0 fully saturated rings. The van der Waals surface area contributed by atoms with Gasteiger partial charge in [-0.25, -0.2) is 4.79 Å². The van der Waals surface area contributed by atoms with Crippen molar-refractivity contribution in [2.24, 2.45) is 0 Å². The first-order valence-electron chi connectivity index (χ1n) is 7.39. The van der Waals surface area contributed by atoms with E-state index in [4.69, 9.17) is 25.8 Å². The van der Waals surface area contributed by atoms with Crippen LogP contribution in [0.3, 0.4) is 0 Å². The molecule has 126 valence electrons. The van der Waals surface area contributed by atoms with Crippen LogP contribution in [0.2, 0.25) is 5.02 Å². The van der Waals surface area contributed by atoms with Gasteiger partial charge in [0.25, 0.3) is 0 Å². The molecule has 0 saturated heterocycles. The lowest BCUT2D eigenvalue weighted by Gasteiger charge is -2.37. The maximum atomic E-state index is 12.3. The van der Waals surface area contributed by atoms with Crippen LogP contribution in [-0.4, -0.2) is 25.3 Å². The Balaban J connectivity index is 2.08. The maximum absolute atomic E-state index is 12.3. The van der Waals surface area contributed by atoms with E-state index in [1.54, 1.807) is 42.5 Å². The molecule has 0 amide bonds. The third-order valence-electron chi connectivity index (χ3n) is 4.15. The lowest BCUT2D eigenvalue weighted by Crippen LogP contribution is -2.42. The van der Waals surface area contributed by atoms with Crippen molar-refractivity contribution in [3.63, 3.8) is 0 Å². The topological polar surface area (TPSA) is 65.0 Å². The summed E-state index contributed by atoms with van der Waals surface area (Å²) in [5.41, 5.74) is -0.630. The van der Waals surface area contributed by atoms with Crippen LogP contribution >= 0.6 is 11.6 Å². The smallest absolute Gasteiger partial charge is 0.342 e. The molecular weight excluding hydrogens is 332 g/mol. The molecule has 0 aromatic heterocycles. The molecule has 1 aliphatic heterocycles. The second-order valence-corrected chi connectivity index (χ2v) is 6.01. The van der Waals surface area contributed by atoms with E-state index >= 15 is 0 Å². The fourth-order valence-corrected chi connectivity index (χ4v) is 2.99. The Labute approximate surface area is 144 Å². The lowest BCUT2D eigenvalue weighted by molar-refractivity contribution is -0.169. The molecule has 5 nitrogen and oxygen atoms in total. The Morgan fingerprint density at radius 1 is 1.25 bits per heavy atom. The maximum Gasteiger partial charge on any atom is 0.342 e. The molecule has 3 rings (SSSR count). The number of methoxy groups -OCH3 is 2. The van der Waals surface area contributed by atoms with Crippen molar-refractivity contribution >= 4 is 17.6 Å². The van der Waals surface area contributed by atoms with E-state index in [1.807, 2.05) is 0 Å². The van der Waals surface area contributed by atoms with Gasteiger partial charge in [0.05, 0.1) is 14.2 Å². The molecule has 24 heavy (non-hydrogen) atoms. The van der Waals surface area contributed by atoms with Crippen molar-refractivity contribution in [3.8, 4) is 11.5 Å². The van der Waals surface area contributed by atoms with Crippen molar-refractivity contribution in [2.45, 2.75) is 18.1 Å². The molecule has 0 radical (unpaired) electrons. The summed E-state index contributed by atoms with van der Waals surface area (Å²) in [6.07, 6.45) is -0.480. The SMILES string of the molecule is COC(=O)[C@@]1(O)C[C@@H](c2ccc(Cl)cc2)Oc2cc(OC)ccc21. The molecule has 0 aliphatic carbocycles. The van der Waals surface area contributed by atoms with Gasteiger partial charge in [-0.05, 0) is 29.8 Å². The monoisotopic (exact) mass is 348 g/mol. The van der Waals surface area contributed by atoms with Crippen molar-refractivity contribution in [1.29, 1.82) is 0 Å². The number of rotatable bonds is 3. The van der Waals surface area contributed by atoms with E-state index in [1.165, 1.54) is 14.2 Å². The number of hydrogen-bond acceptors (Lipinski definition) is 5. The van der Waals surface area contributed by atoms with E-state index in [-0.39, 0.29) is 6.42 Å². The van der Waals surface area contributed by atoms with Gasteiger partial charge < -0.3 is 19.3 Å². The highest BCUT2D eigenvalue weighted by atomic mass is 35.5. The second kappa shape index (κ2) is 6.34. The molecule has 0 unspecified atom stereocenters. The predicted octanol–water partition coefficient (Wildman–Crippen LogP) is 3.23. The normalized spacial score (nSPS) is 22.2. The Hall–Kier alpha value is -2.24. The van der Waals surface area contributed by atoms with Gasteiger partial charge in [-0.3, -0.25) is 0 Å².